The molecule has 2 heterocycles. The number of nitrogens with two attached hydrogens (primary N) is 1. The first kappa shape index (κ1) is 25.2. The zero-order valence-corrected chi connectivity index (χ0v) is 20.5. The second kappa shape index (κ2) is 11.2. The number of imidazole rings is 1. The molecule has 36 heavy (non-hydrogen) atoms. The van der Waals surface area contributed by atoms with E-state index in [9.17, 15) is 14.4 Å². The quantitative estimate of drug-likeness (QED) is 0.408. The van der Waals surface area contributed by atoms with Gasteiger partial charge in [-0.25, -0.2) is 9.78 Å². The molecule has 1 saturated carbocycles. The summed E-state index contributed by atoms with van der Waals surface area (Å²) in [6.45, 7) is 1.97. The van der Waals surface area contributed by atoms with Gasteiger partial charge >= 0.3 is 11.9 Å². The second-order valence-corrected chi connectivity index (χ2v) is 8.77. The summed E-state index contributed by atoms with van der Waals surface area (Å²) in [4.78, 5) is 41.5. The number of fused-ring (bicyclic) bond motifs is 1. The van der Waals surface area contributed by atoms with E-state index in [4.69, 9.17) is 20.2 Å². The Bertz CT molecular complexity index is 1250. The third-order valence-corrected chi connectivity index (χ3v) is 6.28. The van der Waals surface area contributed by atoms with E-state index in [2.05, 4.69) is 10.6 Å². The van der Waals surface area contributed by atoms with E-state index in [0.717, 1.165) is 31.2 Å². The highest BCUT2D eigenvalue weighted by Crippen LogP contribution is 2.30. The fourth-order valence-corrected chi connectivity index (χ4v) is 4.34. The molecule has 1 amide bonds. The molecule has 3 aromatic rings. The number of nitrogens with zero attached hydrogens (tertiary/aromatic N) is 2. The predicted molar refractivity (Wildman–Crippen MR) is 135 cm³/mol. The Morgan fingerprint density at radius 1 is 1.08 bits per heavy atom. The van der Waals surface area contributed by atoms with Crippen LogP contribution in [0.1, 0.15) is 53.3 Å². The Morgan fingerprint density at radius 2 is 1.81 bits per heavy atom. The molecule has 0 saturated heterocycles. The van der Waals surface area contributed by atoms with Crippen LogP contribution < -0.4 is 16.4 Å². The topological polar surface area (TPSA) is 137 Å². The Balaban J connectivity index is 1.64. The van der Waals surface area contributed by atoms with Crippen LogP contribution in [0, 0.1) is 0 Å². The van der Waals surface area contributed by atoms with Gasteiger partial charge in [0.15, 0.2) is 0 Å². The molecule has 4 rings (SSSR count). The number of benzene rings is 1. The summed E-state index contributed by atoms with van der Waals surface area (Å²) < 4.78 is 11.6. The van der Waals surface area contributed by atoms with E-state index in [-0.39, 0.29) is 31.1 Å². The maximum atomic E-state index is 12.9. The average Bonchev–Trinajstić information content (AvgIpc) is 3.26. The van der Waals surface area contributed by atoms with Crippen molar-refractivity contribution < 1.29 is 23.9 Å². The van der Waals surface area contributed by atoms with Gasteiger partial charge in [-0.3, -0.25) is 14.0 Å². The molecule has 10 heteroatoms. The highest BCUT2D eigenvalue weighted by Gasteiger charge is 2.22. The van der Waals surface area contributed by atoms with E-state index in [1.54, 1.807) is 53.9 Å². The van der Waals surface area contributed by atoms with Crippen LogP contribution in [0.3, 0.4) is 0 Å². The van der Waals surface area contributed by atoms with Crippen LogP contribution in [0.25, 0.3) is 16.9 Å². The summed E-state index contributed by atoms with van der Waals surface area (Å²) in [6, 6.07) is 10.6. The standard InChI is InChI=1S/C26H31N5O5/c1-3-36-22(32)15-28-24-23(16-4-6-17(7-5-16)26(34)35-2)30-21-14-18(12-13-31(21)24)25(33)29-20-10-8-19(27)9-11-20/h4-7,12-14,19-20,28H,3,8-11,15,27H2,1-2H3,(H,29,33). The zero-order valence-electron chi connectivity index (χ0n) is 20.5. The van der Waals surface area contributed by atoms with Gasteiger partial charge in [0.2, 0.25) is 0 Å². The van der Waals surface area contributed by atoms with Crippen molar-refractivity contribution in [1.82, 2.24) is 14.7 Å². The van der Waals surface area contributed by atoms with Crippen molar-refractivity contribution in [1.29, 1.82) is 0 Å². The maximum Gasteiger partial charge on any atom is 0.337 e. The predicted octanol–water partition coefficient (Wildman–Crippen LogP) is 2.76. The molecule has 10 nitrogen and oxygen atoms in total. The van der Waals surface area contributed by atoms with Crippen molar-refractivity contribution in [3.05, 3.63) is 53.7 Å². The number of amides is 1. The fraction of sp³-hybridized carbons (Fsp3) is 0.385. The molecule has 1 fully saturated rings. The molecule has 0 radical (unpaired) electrons. The number of carbonyl (C=O) groups excluding carboxylic acids is 3. The van der Waals surface area contributed by atoms with Gasteiger partial charge in [0.25, 0.3) is 5.91 Å². The SMILES string of the molecule is CCOC(=O)CNc1c(-c2ccc(C(=O)OC)cc2)nc2cc(C(=O)NC3CCC(N)CC3)ccn12. The van der Waals surface area contributed by atoms with E-state index in [1.165, 1.54) is 7.11 Å². The molecule has 4 N–H and O–H groups in total. The van der Waals surface area contributed by atoms with E-state index < -0.39 is 11.9 Å². The molecule has 0 unspecified atom stereocenters. The number of methoxy groups -OCH3 is 1. The van der Waals surface area contributed by atoms with Crippen LogP contribution in [0.5, 0.6) is 0 Å². The van der Waals surface area contributed by atoms with Crippen molar-refractivity contribution in [2.24, 2.45) is 5.73 Å². The zero-order chi connectivity index (χ0) is 25.7. The van der Waals surface area contributed by atoms with Crippen LogP contribution in [0.15, 0.2) is 42.6 Å². The lowest BCUT2D eigenvalue weighted by Crippen LogP contribution is -2.40. The smallest absolute Gasteiger partial charge is 0.337 e. The number of ether oxygens (including phenoxy) is 2. The summed E-state index contributed by atoms with van der Waals surface area (Å²) >= 11 is 0. The highest BCUT2D eigenvalue weighted by molar-refractivity contribution is 5.96. The van der Waals surface area contributed by atoms with Crippen LogP contribution in [0.2, 0.25) is 0 Å². The summed E-state index contributed by atoms with van der Waals surface area (Å²) in [7, 11) is 1.33. The molecule has 1 aliphatic rings. The third-order valence-electron chi connectivity index (χ3n) is 6.28. The Labute approximate surface area is 209 Å². The Kier molecular flexibility index (Phi) is 7.84. The van der Waals surface area contributed by atoms with Gasteiger partial charge in [-0.05, 0) is 56.9 Å². The molecule has 2 aromatic heterocycles. The lowest BCUT2D eigenvalue weighted by Gasteiger charge is -2.26. The van der Waals surface area contributed by atoms with Crippen molar-refractivity contribution in [3.63, 3.8) is 0 Å². The summed E-state index contributed by atoms with van der Waals surface area (Å²) in [5.41, 5.74) is 8.70. The summed E-state index contributed by atoms with van der Waals surface area (Å²) in [6.07, 6.45) is 5.28. The number of carbonyl (C=O) groups is 3. The van der Waals surface area contributed by atoms with Gasteiger partial charge in [-0.1, -0.05) is 12.1 Å². The van der Waals surface area contributed by atoms with Gasteiger partial charge in [0, 0.05) is 29.4 Å². The highest BCUT2D eigenvalue weighted by atomic mass is 16.5. The minimum absolute atomic E-state index is 0.0546. The number of hydrogen-bond acceptors (Lipinski definition) is 8. The number of esters is 2. The minimum atomic E-state index is -0.437. The largest absolute Gasteiger partial charge is 0.465 e. The van der Waals surface area contributed by atoms with Crippen LogP contribution in [-0.2, 0) is 14.3 Å². The third kappa shape index (κ3) is 5.65. The van der Waals surface area contributed by atoms with Gasteiger partial charge in [-0.2, -0.15) is 0 Å². The molecule has 0 aliphatic heterocycles. The van der Waals surface area contributed by atoms with Gasteiger partial charge in [-0.15, -0.1) is 0 Å². The molecule has 0 spiro atoms. The number of rotatable bonds is 8. The van der Waals surface area contributed by atoms with E-state index in [0.29, 0.717) is 28.3 Å². The number of nitrogens with one attached hydrogen (secondary N) is 2. The average molecular weight is 494 g/mol. The van der Waals surface area contributed by atoms with Gasteiger partial charge < -0.3 is 25.8 Å². The normalized spacial score (nSPS) is 17.4. The monoisotopic (exact) mass is 493 g/mol. The Hall–Kier alpha value is -3.92. The fourth-order valence-electron chi connectivity index (χ4n) is 4.34. The lowest BCUT2D eigenvalue weighted by atomic mass is 9.91. The Morgan fingerprint density at radius 3 is 2.47 bits per heavy atom. The van der Waals surface area contributed by atoms with Gasteiger partial charge in [0.1, 0.15) is 23.7 Å². The van der Waals surface area contributed by atoms with Gasteiger partial charge in [0.05, 0.1) is 19.3 Å². The first-order valence-corrected chi connectivity index (χ1v) is 12.1. The summed E-state index contributed by atoms with van der Waals surface area (Å²) in [5, 5.41) is 6.21. The lowest BCUT2D eigenvalue weighted by molar-refractivity contribution is -0.140. The number of anilines is 1. The van der Waals surface area contributed by atoms with E-state index >= 15 is 0 Å². The van der Waals surface area contributed by atoms with E-state index in [1.807, 2.05) is 0 Å². The first-order chi connectivity index (χ1) is 17.4. The van der Waals surface area contributed by atoms with Crippen LogP contribution in [0.4, 0.5) is 5.82 Å². The molecular formula is C26H31N5O5. The second-order valence-electron chi connectivity index (χ2n) is 8.77. The van der Waals surface area contributed by atoms with Crippen molar-refractivity contribution in [2.45, 2.75) is 44.7 Å². The molecule has 0 atom stereocenters. The minimum Gasteiger partial charge on any atom is -0.465 e. The molecular weight excluding hydrogens is 462 g/mol. The first-order valence-electron chi connectivity index (χ1n) is 12.1. The molecule has 1 aliphatic carbocycles. The van der Waals surface area contributed by atoms with Crippen LogP contribution >= 0.6 is 0 Å². The number of pyridine rings is 1. The van der Waals surface area contributed by atoms with Crippen molar-refractivity contribution in [3.8, 4) is 11.3 Å². The molecule has 190 valence electrons. The van der Waals surface area contributed by atoms with Crippen molar-refractivity contribution >= 4 is 29.3 Å². The molecule has 1 aromatic carbocycles. The maximum absolute atomic E-state index is 12.9. The van der Waals surface area contributed by atoms with Crippen LogP contribution in [-0.4, -0.2) is 59.6 Å². The number of aromatic nitrogens is 2. The number of hydrogen-bond donors (Lipinski definition) is 3. The molecule has 0 bridgehead atoms. The van der Waals surface area contributed by atoms with Crippen molar-refractivity contribution in [2.75, 3.05) is 25.6 Å². The summed E-state index contributed by atoms with van der Waals surface area (Å²) in [5.74, 6) is -0.432.